The number of aromatic nitrogens is 2. The molecule has 16 heavy (non-hydrogen) atoms. The lowest BCUT2D eigenvalue weighted by Gasteiger charge is -2.15. The van der Waals surface area contributed by atoms with Gasteiger partial charge in [-0.1, -0.05) is 0 Å². The summed E-state index contributed by atoms with van der Waals surface area (Å²) in [6.07, 6.45) is 3.59. The van der Waals surface area contributed by atoms with E-state index in [1.54, 1.807) is 0 Å². The molecule has 0 amide bonds. The van der Waals surface area contributed by atoms with Gasteiger partial charge in [-0.15, -0.1) is 0 Å². The topological polar surface area (TPSA) is 41.1 Å². The highest BCUT2D eigenvalue weighted by Gasteiger charge is 2.11. The summed E-state index contributed by atoms with van der Waals surface area (Å²) in [5, 5.41) is 2.99. The fraction of sp³-hybridized carbons (Fsp3) is 0.600. The second-order valence-electron chi connectivity index (χ2n) is 3.81. The Balaban J connectivity index is 1.82. The van der Waals surface area contributed by atoms with Crippen molar-refractivity contribution in [3.05, 3.63) is 17.3 Å². The van der Waals surface area contributed by atoms with Gasteiger partial charge in [-0.3, -0.25) is 0 Å². The molecule has 2 heterocycles. The Morgan fingerprint density at radius 2 is 2.19 bits per heavy atom. The summed E-state index contributed by atoms with van der Waals surface area (Å²) in [7, 11) is 0. The maximum atomic E-state index is 13.2. The van der Waals surface area contributed by atoms with Crippen molar-refractivity contribution in [3.63, 3.8) is 0 Å². The van der Waals surface area contributed by atoms with Gasteiger partial charge in [-0.2, -0.15) is 4.98 Å². The molecule has 1 aliphatic heterocycles. The first-order valence-electron chi connectivity index (χ1n) is 5.40. The van der Waals surface area contributed by atoms with Crippen molar-refractivity contribution in [2.24, 2.45) is 0 Å². The zero-order valence-corrected chi connectivity index (χ0v) is 9.67. The van der Waals surface area contributed by atoms with Crippen LogP contribution in [-0.4, -0.2) is 41.0 Å². The van der Waals surface area contributed by atoms with E-state index in [0.717, 1.165) is 25.8 Å². The minimum atomic E-state index is -0.467. The number of halogens is 2. The Morgan fingerprint density at radius 1 is 1.44 bits per heavy atom. The molecule has 1 aromatic heterocycles. The highest BCUT2D eigenvalue weighted by molar-refractivity contribution is 6.28. The van der Waals surface area contributed by atoms with Gasteiger partial charge in [0.15, 0.2) is 11.6 Å². The van der Waals surface area contributed by atoms with E-state index < -0.39 is 5.82 Å². The quantitative estimate of drug-likeness (QED) is 0.820. The summed E-state index contributed by atoms with van der Waals surface area (Å²) in [5.41, 5.74) is 0. The second-order valence-corrected chi connectivity index (χ2v) is 4.15. The van der Waals surface area contributed by atoms with Crippen molar-refractivity contribution in [1.29, 1.82) is 0 Å². The summed E-state index contributed by atoms with van der Waals surface area (Å²) in [4.78, 5) is 9.68. The number of nitrogens with zero attached hydrogens (tertiary/aromatic N) is 3. The molecule has 0 spiro atoms. The Bertz CT molecular complexity index is 355. The van der Waals surface area contributed by atoms with E-state index in [1.807, 2.05) is 0 Å². The number of rotatable bonds is 4. The monoisotopic (exact) mass is 244 g/mol. The highest BCUT2D eigenvalue weighted by Crippen LogP contribution is 2.12. The maximum absolute atomic E-state index is 13.2. The first kappa shape index (κ1) is 11.5. The predicted molar refractivity (Wildman–Crippen MR) is 61.2 cm³/mol. The number of hydrogen-bond acceptors (Lipinski definition) is 4. The molecule has 0 aliphatic carbocycles. The van der Waals surface area contributed by atoms with Gasteiger partial charge in [0, 0.05) is 13.1 Å². The summed E-state index contributed by atoms with van der Waals surface area (Å²) >= 11 is 5.58. The van der Waals surface area contributed by atoms with Crippen molar-refractivity contribution in [2.75, 3.05) is 31.5 Å². The SMILES string of the molecule is Fc1cnc(Cl)nc1NCCN1CCCC1. The molecule has 0 bridgehead atoms. The van der Waals surface area contributed by atoms with Crippen LogP contribution in [-0.2, 0) is 0 Å². The van der Waals surface area contributed by atoms with Crippen molar-refractivity contribution in [2.45, 2.75) is 12.8 Å². The first-order valence-corrected chi connectivity index (χ1v) is 5.78. The molecule has 4 nitrogen and oxygen atoms in total. The third-order valence-electron chi connectivity index (χ3n) is 2.63. The van der Waals surface area contributed by atoms with Crippen LogP contribution in [0.25, 0.3) is 0 Å². The van der Waals surface area contributed by atoms with Gasteiger partial charge in [0.2, 0.25) is 5.28 Å². The van der Waals surface area contributed by atoms with Gasteiger partial charge in [0.1, 0.15) is 0 Å². The summed E-state index contributed by atoms with van der Waals surface area (Å²) in [6, 6.07) is 0. The third kappa shape index (κ3) is 3.02. The van der Waals surface area contributed by atoms with Crippen molar-refractivity contribution >= 4 is 17.4 Å². The van der Waals surface area contributed by atoms with E-state index in [-0.39, 0.29) is 11.1 Å². The third-order valence-corrected chi connectivity index (χ3v) is 2.82. The smallest absolute Gasteiger partial charge is 0.224 e. The predicted octanol–water partition coefficient (Wildman–Crippen LogP) is 1.78. The number of nitrogens with one attached hydrogen (secondary N) is 1. The second kappa shape index (κ2) is 5.41. The van der Waals surface area contributed by atoms with Crippen LogP contribution in [0.2, 0.25) is 5.28 Å². The van der Waals surface area contributed by atoms with E-state index in [2.05, 4.69) is 20.2 Å². The van der Waals surface area contributed by atoms with Crippen LogP contribution < -0.4 is 5.32 Å². The maximum Gasteiger partial charge on any atom is 0.224 e. The lowest BCUT2D eigenvalue weighted by Crippen LogP contribution is -2.26. The molecule has 0 saturated carbocycles. The van der Waals surface area contributed by atoms with E-state index in [9.17, 15) is 4.39 Å². The van der Waals surface area contributed by atoms with Crippen molar-refractivity contribution in [1.82, 2.24) is 14.9 Å². The molecule has 6 heteroatoms. The van der Waals surface area contributed by atoms with E-state index >= 15 is 0 Å². The van der Waals surface area contributed by atoms with Crippen LogP contribution in [0.1, 0.15) is 12.8 Å². The van der Waals surface area contributed by atoms with E-state index in [0.29, 0.717) is 6.54 Å². The van der Waals surface area contributed by atoms with E-state index in [1.165, 1.54) is 12.8 Å². The lowest BCUT2D eigenvalue weighted by atomic mass is 10.4. The molecule has 1 saturated heterocycles. The molecule has 2 rings (SSSR count). The van der Waals surface area contributed by atoms with Gasteiger partial charge in [-0.25, -0.2) is 9.37 Å². The number of anilines is 1. The standard InChI is InChI=1S/C10H14ClFN4/c11-10-14-7-8(12)9(15-10)13-3-6-16-4-1-2-5-16/h7H,1-6H2,(H,13,14,15). The van der Waals surface area contributed by atoms with Gasteiger partial charge < -0.3 is 10.2 Å². The normalized spacial score (nSPS) is 16.6. The van der Waals surface area contributed by atoms with Crippen molar-refractivity contribution < 1.29 is 4.39 Å². The molecule has 1 aromatic rings. The molecule has 1 N–H and O–H groups in total. The van der Waals surface area contributed by atoms with E-state index in [4.69, 9.17) is 11.6 Å². The summed E-state index contributed by atoms with van der Waals surface area (Å²) in [5.74, 6) is -0.287. The molecule has 0 unspecified atom stereocenters. The van der Waals surface area contributed by atoms with Crippen molar-refractivity contribution in [3.8, 4) is 0 Å². The van der Waals surface area contributed by atoms with Crippen LogP contribution in [0.4, 0.5) is 10.2 Å². The lowest BCUT2D eigenvalue weighted by molar-refractivity contribution is 0.352. The molecule has 88 valence electrons. The Labute approximate surface area is 98.8 Å². The molecule has 0 aromatic carbocycles. The molecule has 1 fully saturated rings. The van der Waals surface area contributed by atoms with Crippen LogP contribution in [0, 0.1) is 5.82 Å². The van der Waals surface area contributed by atoms with Gasteiger partial charge in [-0.05, 0) is 37.5 Å². The van der Waals surface area contributed by atoms with Crippen LogP contribution in [0.15, 0.2) is 6.20 Å². The minimum Gasteiger partial charge on any atom is -0.366 e. The summed E-state index contributed by atoms with van der Waals surface area (Å²) in [6.45, 7) is 3.84. The number of likely N-dealkylation sites (tertiary alicyclic amines) is 1. The largest absolute Gasteiger partial charge is 0.366 e. The summed E-state index contributed by atoms with van der Waals surface area (Å²) < 4.78 is 13.2. The van der Waals surface area contributed by atoms with Gasteiger partial charge >= 0.3 is 0 Å². The van der Waals surface area contributed by atoms with Gasteiger partial charge in [0.25, 0.3) is 0 Å². The molecular weight excluding hydrogens is 231 g/mol. The average molecular weight is 245 g/mol. The van der Waals surface area contributed by atoms with Crippen LogP contribution in [0.5, 0.6) is 0 Å². The fourth-order valence-electron chi connectivity index (χ4n) is 1.81. The zero-order valence-electron chi connectivity index (χ0n) is 8.92. The molecular formula is C10H14ClFN4. The van der Waals surface area contributed by atoms with Crippen LogP contribution >= 0.6 is 11.6 Å². The number of hydrogen-bond donors (Lipinski definition) is 1. The Hall–Kier alpha value is -0.940. The van der Waals surface area contributed by atoms with Crippen LogP contribution in [0.3, 0.4) is 0 Å². The molecule has 0 atom stereocenters. The fourth-order valence-corrected chi connectivity index (χ4v) is 1.94. The zero-order chi connectivity index (χ0) is 11.4. The molecule has 0 radical (unpaired) electrons. The Morgan fingerprint density at radius 3 is 2.94 bits per heavy atom. The van der Waals surface area contributed by atoms with Gasteiger partial charge in [0.05, 0.1) is 6.20 Å². The first-order chi connectivity index (χ1) is 7.75. The average Bonchev–Trinajstić information content (AvgIpc) is 2.76. The Kier molecular flexibility index (Phi) is 3.90. The minimum absolute atomic E-state index is 0.0603. The molecule has 1 aliphatic rings. The highest BCUT2D eigenvalue weighted by atomic mass is 35.5.